The summed E-state index contributed by atoms with van der Waals surface area (Å²) >= 11 is 0. The lowest BCUT2D eigenvalue weighted by molar-refractivity contribution is 0.0996. The van der Waals surface area contributed by atoms with E-state index in [0.717, 1.165) is 31.1 Å². The Hall–Kier alpha value is -3.40. The zero-order valence-electron chi connectivity index (χ0n) is 22.9. The van der Waals surface area contributed by atoms with Gasteiger partial charge in [-0.1, -0.05) is 25.0 Å². The zero-order chi connectivity index (χ0) is 27.2. The average Bonchev–Trinajstić information content (AvgIpc) is 3.49. The number of carbonyl (C=O) groups excluding carboxylic acids is 2. The Labute approximate surface area is 230 Å². The summed E-state index contributed by atoms with van der Waals surface area (Å²) < 4.78 is 5.03. The zero-order valence-corrected chi connectivity index (χ0v) is 22.9. The molecule has 3 aliphatic rings. The number of likely N-dealkylation sites (tertiary alicyclic amines) is 1. The Morgan fingerprint density at radius 1 is 1.03 bits per heavy atom. The molecule has 1 saturated carbocycles. The average molecular weight is 536 g/mol. The van der Waals surface area contributed by atoms with Crippen molar-refractivity contribution >= 4 is 29.3 Å². The second kappa shape index (κ2) is 12.6. The van der Waals surface area contributed by atoms with Crippen LogP contribution in [0.15, 0.2) is 30.5 Å². The van der Waals surface area contributed by atoms with Gasteiger partial charge < -0.3 is 30.9 Å². The highest BCUT2D eigenvalue weighted by molar-refractivity contribution is 5.96. The Morgan fingerprint density at radius 2 is 1.77 bits per heavy atom. The number of ether oxygens (including phenoxy) is 1. The van der Waals surface area contributed by atoms with Crippen molar-refractivity contribution in [2.24, 2.45) is 5.73 Å². The Morgan fingerprint density at radius 3 is 2.46 bits per heavy atom. The maximum absolute atomic E-state index is 12.1. The van der Waals surface area contributed by atoms with Crippen LogP contribution in [-0.2, 0) is 4.74 Å². The molecule has 2 aliphatic heterocycles. The van der Waals surface area contributed by atoms with E-state index in [2.05, 4.69) is 37.6 Å². The summed E-state index contributed by atoms with van der Waals surface area (Å²) in [6.45, 7) is 5.85. The van der Waals surface area contributed by atoms with Crippen LogP contribution < -0.4 is 21.3 Å². The molecule has 1 aliphatic carbocycles. The van der Waals surface area contributed by atoms with E-state index in [4.69, 9.17) is 15.5 Å². The Balaban J connectivity index is 1.23. The van der Waals surface area contributed by atoms with Crippen LogP contribution in [0.1, 0.15) is 80.3 Å². The molecule has 1 aromatic heterocycles. The fourth-order valence-electron chi connectivity index (χ4n) is 6.28. The quantitative estimate of drug-likeness (QED) is 0.460. The first-order valence-electron chi connectivity index (χ1n) is 14.5. The Kier molecular flexibility index (Phi) is 8.81. The van der Waals surface area contributed by atoms with Crippen LogP contribution in [0.3, 0.4) is 0 Å². The highest BCUT2D eigenvalue weighted by atomic mass is 16.5. The number of hydrogen-bond acceptors (Lipinski definition) is 8. The van der Waals surface area contributed by atoms with Crippen molar-refractivity contribution < 1.29 is 14.3 Å². The third-order valence-corrected chi connectivity index (χ3v) is 8.35. The first-order valence-corrected chi connectivity index (χ1v) is 14.5. The summed E-state index contributed by atoms with van der Waals surface area (Å²) in [5.74, 6) is 0.903. The van der Waals surface area contributed by atoms with Gasteiger partial charge in [0.2, 0.25) is 0 Å². The lowest BCUT2D eigenvalue weighted by Crippen LogP contribution is -2.48. The van der Waals surface area contributed by atoms with E-state index in [9.17, 15) is 9.59 Å². The van der Waals surface area contributed by atoms with Gasteiger partial charge >= 0.3 is 6.09 Å². The van der Waals surface area contributed by atoms with Crippen LogP contribution in [0.5, 0.6) is 0 Å². The number of hydrogen-bond donors (Lipinski definition) is 3. The molecule has 2 saturated heterocycles. The van der Waals surface area contributed by atoms with E-state index in [-0.39, 0.29) is 11.7 Å². The molecule has 5 rings (SSSR count). The number of benzene rings is 1. The normalized spacial score (nSPS) is 21.1. The fraction of sp³-hybridized carbons (Fsp3) is 0.586. The van der Waals surface area contributed by atoms with Gasteiger partial charge in [-0.2, -0.15) is 0 Å². The van der Waals surface area contributed by atoms with Gasteiger partial charge in [0.25, 0.3) is 5.91 Å². The summed E-state index contributed by atoms with van der Waals surface area (Å²) in [4.78, 5) is 37.8. The van der Waals surface area contributed by atoms with Crippen LogP contribution in [0, 0.1) is 0 Å². The minimum atomic E-state index is -0.636. The van der Waals surface area contributed by atoms with Gasteiger partial charge in [0.15, 0.2) is 11.5 Å². The van der Waals surface area contributed by atoms with Crippen molar-refractivity contribution in [3.05, 3.63) is 41.7 Å². The predicted molar refractivity (Wildman–Crippen MR) is 151 cm³/mol. The van der Waals surface area contributed by atoms with Crippen LogP contribution in [0.25, 0.3) is 0 Å². The van der Waals surface area contributed by atoms with Gasteiger partial charge in [0, 0.05) is 30.9 Å². The maximum Gasteiger partial charge on any atom is 0.407 e. The maximum atomic E-state index is 12.1. The summed E-state index contributed by atoms with van der Waals surface area (Å²) in [6.07, 6.45) is 10.8. The molecule has 0 spiro atoms. The summed E-state index contributed by atoms with van der Waals surface area (Å²) in [7, 11) is 0. The number of aromatic nitrogens is 2. The molecule has 2 aromatic rings. The number of anilines is 3. The molecule has 10 nitrogen and oxygen atoms in total. The number of nitrogens with one attached hydrogen (secondary N) is 2. The number of primary amides is 1. The number of nitrogens with zero attached hydrogens (tertiary/aromatic N) is 4. The summed E-state index contributed by atoms with van der Waals surface area (Å²) in [5, 5.41) is 6.18. The number of carbonyl (C=O) groups is 2. The molecule has 1 unspecified atom stereocenters. The third-order valence-electron chi connectivity index (χ3n) is 8.35. The van der Waals surface area contributed by atoms with E-state index < -0.39 is 12.0 Å². The van der Waals surface area contributed by atoms with Crippen molar-refractivity contribution in [2.45, 2.75) is 76.3 Å². The molecule has 39 heavy (non-hydrogen) atoms. The van der Waals surface area contributed by atoms with Gasteiger partial charge in [-0.25, -0.2) is 14.8 Å². The lowest BCUT2D eigenvalue weighted by Gasteiger charge is -2.36. The van der Waals surface area contributed by atoms with Gasteiger partial charge in [0.05, 0.1) is 12.8 Å². The molecule has 0 bridgehead atoms. The van der Waals surface area contributed by atoms with Crippen molar-refractivity contribution in [2.75, 3.05) is 43.0 Å². The van der Waals surface area contributed by atoms with Gasteiger partial charge in [0.1, 0.15) is 5.82 Å². The second-order valence-electron chi connectivity index (χ2n) is 10.9. The highest BCUT2D eigenvalue weighted by Gasteiger charge is 2.28. The van der Waals surface area contributed by atoms with Gasteiger partial charge in [-0.3, -0.25) is 4.79 Å². The third kappa shape index (κ3) is 6.79. The molecule has 4 N–H and O–H groups in total. The predicted octanol–water partition coefficient (Wildman–Crippen LogP) is 4.16. The lowest BCUT2D eigenvalue weighted by atomic mass is 9.88. The van der Waals surface area contributed by atoms with Crippen LogP contribution >= 0.6 is 0 Å². The topological polar surface area (TPSA) is 126 Å². The molecule has 210 valence electrons. The number of nitrogens with two attached hydrogens (primary N) is 1. The standard InChI is InChI=1S/C29H41N7O3/c1-2-39-29(38)33-23-6-5-15-36(19-23)25-18-31-26(27(30)37)28(34-25)32-22-11-9-20(10-12-22)21-13-16-35(17-14-21)24-7-3-4-8-24/h9-12,18,21,23-24H,2-8,13-17,19H2,1H3,(H2,30,37)(H,32,34)(H,33,38). The monoisotopic (exact) mass is 535 g/mol. The smallest absolute Gasteiger partial charge is 0.407 e. The second-order valence-corrected chi connectivity index (χ2v) is 10.9. The number of rotatable bonds is 8. The Bertz CT molecular complexity index is 1130. The summed E-state index contributed by atoms with van der Waals surface area (Å²) in [6, 6.07) is 9.18. The molecular weight excluding hydrogens is 494 g/mol. The molecule has 3 heterocycles. The van der Waals surface area contributed by atoms with Crippen LogP contribution in [0.4, 0.5) is 22.1 Å². The number of piperidine rings is 2. The molecule has 10 heteroatoms. The first kappa shape index (κ1) is 27.2. The van der Waals surface area contributed by atoms with Gasteiger partial charge in [-0.15, -0.1) is 0 Å². The molecule has 0 radical (unpaired) electrons. The fourth-order valence-corrected chi connectivity index (χ4v) is 6.28. The minimum absolute atomic E-state index is 0.0515. The SMILES string of the molecule is CCOC(=O)NC1CCCN(c2cnc(C(N)=O)c(Nc3ccc(C4CCN(C5CCCC5)CC4)cc3)n2)C1. The molecular formula is C29H41N7O3. The molecule has 2 amide bonds. The van der Waals surface area contributed by atoms with E-state index in [1.807, 2.05) is 12.1 Å². The van der Waals surface area contributed by atoms with E-state index >= 15 is 0 Å². The van der Waals surface area contributed by atoms with Crippen LogP contribution in [-0.4, -0.2) is 71.7 Å². The van der Waals surface area contributed by atoms with Crippen LogP contribution in [0.2, 0.25) is 0 Å². The highest BCUT2D eigenvalue weighted by Crippen LogP contribution is 2.33. The van der Waals surface area contributed by atoms with Crippen molar-refractivity contribution in [1.82, 2.24) is 20.2 Å². The van der Waals surface area contributed by atoms with E-state index in [0.29, 0.717) is 30.7 Å². The minimum Gasteiger partial charge on any atom is -0.450 e. The molecule has 3 fully saturated rings. The largest absolute Gasteiger partial charge is 0.450 e. The number of alkyl carbamates (subject to hydrolysis) is 1. The van der Waals surface area contributed by atoms with Gasteiger partial charge in [-0.05, 0) is 82.2 Å². The molecule has 1 aromatic carbocycles. The first-order chi connectivity index (χ1) is 19.0. The number of amides is 2. The van der Waals surface area contributed by atoms with Crippen molar-refractivity contribution in [3.63, 3.8) is 0 Å². The van der Waals surface area contributed by atoms with Crippen molar-refractivity contribution in [1.29, 1.82) is 0 Å². The van der Waals surface area contributed by atoms with E-state index in [1.54, 1.807) is 13.1 Å². The van der Waals surface area contributed by atoms with E-state index in [1.165, 1.54) is 57.2 Å². The summed E-state index contributed by atoms with van der Waals surface area (Å²) in [5.41, 5.74) is 7.90. The van der Waals surface area contributed by atoms with Crippen molar-refractivity contribution in [3.8, 4) is 0 Å². The molecule has 1 atom stereocenters.